The summed E-state index contributed by atoms with van der Waals surface area (Å²) >= 11 is -2.45. The lowest BCUT2D eigenvalue weighted by Gasteiger charge is -2.15. The van der Waals surface area contributed by atoms with E-state index in [0.29, 0.717) is 0 Å². The molecule has 0 aliphatic rings. The zero-order chi connectivity index (χ0) is 23.4. The Morgan fingerprint density at radius 1 is 1.03 bits per heavy atom. The Morgan fingerprint density at radius 3 is 2.23 bits per heavy atom. The van der Waals surface area contributed by atoms with Crippen molar-refractivity contribution < 1.29 is 34.7 Å². The number of hydrogen-bond acceptors (Lipinski definition) is 12. The van der Waals surface area contributed by atoms with Crippen molar-refractivity contribution in [3.63, 3.8) is 0 Å². The van der Waals surface area contributed by atoms with Gasteiger partial charge in [-0.3, -0.25) is 13.3 Å². The number of benzene rings is 1. The Bertz CT molecular complexity index is 1190. The first-order valence-electron chi connectivity index (χ1n) is 8.13. The Balaban J connectivity index is 2.45. The van der Waals surface area contributed by atoms with Gasteiger partial charge in [0, 0.05) is 38.5 Å². The number of nitrogens with one attached hydrogen (secondary N) is 3. The molecule has 1 atom stereocenters. The maximum absolute atomic E-state index is 11.6. The van der Waals surface area contributed by atoms with E-state index in [1.54, 1.807) is 14.1 Å². The highest BCUT2D eigenvalue weighted by Gasteiger charge is 2.21. The summed E-state index contributed by atoms with van der Waals surface area (Å²) in [6, 6.07) is 2.35. The molecule has 172 valence electrons. The third-order valence-corrected chi connectivity index (χ3v) is 5.63. The predicted octanol–water partition coefficient (Wildman–Crippen LogP) is -1.03. The summed E-state index contributed by atoms with van der Waals surface area (Å²) in [5.41, 5.74) is -0.428. The molecular weight excluding hydrogens is 478 g/mol. The van der Waals surface area contributed by atoms with Crippen molar-refractivity contribution in [3.8, 4) is 0 Å². The first-order chi connectivity index (χ1) is 14.3. The molecule has 2 rings (SSSR count). The SMILES string of the molecule is CN(C)c1nc(NCCNS(=O)[O-])nc(Nc2cc(S(=O)(=O)O)ccc2S(=O)(=O)O)n1. The topological polar surface area (TPSA) is 227 Å². The number of aromatic nitrogens is 3. The lowest BCUT2D eigenvalue weighted by atomic mass is 10.3. The van der Waals surface area contributed by atoms with Crippen molar-refractivity contribution in [1.82, 2.24) is 19.7 Å². The minimum absolute atomic E-state index is 0.0148. The maximum Gasteiger partial charge on any atom is 0.296 e. The molecule has 0 amide bonds. The average Bonchev–Trinajstić information content (AvgIpc) is 2.63. The average molecular weight is 497 g/mol. The van der Waals surface area contributed by atoms with Crippen LogP contribution in [0.3, 0.4) is 0 Å². The molecule has 0 fully saturated rings. The van der Waals surface area contributed by atoms with E-state index in [1.165, 1.54) is 4.90 Å². The van der Waals surface area contributed by atoms with Crippen LogP contribution in [0.25, 0.3) is 0 Å². The largest absolute Gasteiger partial charge is 0.760 e. The second-order valence-corrected chi connectivity index (χ2v) is 9.54. The molecule has 0 spiro atoms. The molecule has 0 saturated carbocycles. The molecule has 1 aromatic heterocycles. The summed E-state index contributed by atoms with van der Waals surface area (Å²) in [6.07, 6.45) is 0. The van der Waals surface area contributed by atoms with Gasteiger partial charge in [0.05, 0.1) is 10.6 Å². The van der Waals surface area contributed by atoms with Crippen LogP contribution in [0, 0.1) is 0 Å². The lowest BCUT2D eigenvalue weighted by molar-refractivity contribution is 0.479. The highest BCUT2D eigenvalue weighted by atomic mass is 32.2. The molecule has 0 aliphatic carbocycles. The van der Waals surface area contributed by atoms with Crippen LogP contribution in [0.2, 0.25) is 0 Å². The summed E-state index contributed by atoms with van der Waals surface area (Å²) in [4.78, 5) is 12.3. The van der Waals surface area contributed by atoms with Crippen LogP contribution in [0.4, 0.5) is 23.5 Å². The minimum atomic E-state index is -4.78. The van der Waals surface area contributed by atoms with Gasteiger partial charge < -0.3 is 20.1 Å². The van der Waals surface area contributed by atoms with Gasteiger partial charge in [0.25, 0.3) is 20.2 Å². The van der Waals surface area contributed by atoms with Crippen molar-refractivity contribution in [2.45, 2.75) is 9.79 Å². The van der Waals surface area contributed by atoms with Crippen LogP contribution in [0.1, 0.15) is 0 Å². The summed E-state index contributed by atoms with van der Waals surface area (Å²) in [5.74, 6) is -0.141. The van der Waals surface area contributed by atoms with Crippen molar-refractivity contribution in [3.05, 3.63) is 18.2 Å². The van der Waals surface area contributed by atoms with Crippen LogP contribution in [-0.4, -0.2) is 76.8 Å². The standard InChI is InChI=1S/C13H19N7O8S3/c1-20(2)13-18-11(14-5-6-15-29(21)22)17-12(19-13)16-9-7-8(30(23,24)25)3-4-10(9)31(26,27)28/h3-4,7,15H,5-6H2,1-2H3,(H,21,22)(H,23,24,25)(H,26,27,28)(H2,14,16,17,18,19)/p-1. The summed E-state index contributed by atoms with van der Waals surface area (Å²) in [6.45, 7) is 0.115. The number of anilines is 4. The molecule has 2 aromatic rings. The zero-order valence-electron chi connectivity index (χ0n) is 16.0. The second kappa shape index (κ2) is 9.77. The van der Waals surface area contributed by atoms with Gasteiger partial charge in [0.1, 0.15) is 4.90 Å². The molecule has 5 N–H and O–H groups in total. The van der Waals surface area contributed by atoms with E-state index in [2.05, 4.69) is 30.3 Å². The van der Waals surface area contributed by atoms with Crippen LogP contribution >= 0.6 is 0 Å². The van der Waals surface area contributed by atoms with E-state index in [1.807, 2.05) is 0 Å². The lowest BCUT2D eigenvalue weighted by Crippen LogP contribution is -2.25. The van der Waals surface area contributed by atoms with Crippen molar-refractivity contribution in [2.24, 2.45) is 0 Å². The van der Waals surface area contributed by atoms with Crippen molar-refractivity contribution >= 4 is 55.0 Å². The summed E-state index contributed by atoms with van der Waals surface area (Å²) in [5, 5.41) is 5.21. The Hall–Kier alpha value is -2.48. The quantitative estimate of drug-likeness (QED) is 0.150. The van der Waals surface area contributed by atoms with Crippen LogP contribution in [0.15, 0.2) is 28.0 Å². The number of rotatable bonds is 10. The Labute approximate surface area is 180 Å². The Morgan fingerprint density at radius 2 is 1.68 bits per heavy atom. The van der Waals surface area contributed by atoms with Crippen LogP contribution < -0.4 is 20.3 Å². The molecule has 0 aliphatic heterocycles. The second-order valence-electron chi connectivity index (χ2n) is 5.97. The molecule has 0 saturated heterocycles. The van der Waals surface area contributed by atoms with Gasteiger partial charge in [-0.15, -0.1) is 0 Å². The highest BCUT2D eigenvalue weighted by molar-refractivity contribution is 7.86. The fourth-order valence-corrected chi connectivity index (χ4v) is 3.52. The molecule has 0 radical (unpaired) electrons. The van der Waals surface area contributed by atoms with Gasteiger partial charge in [-0.25, -0.2) is 4.72 Å². The van der Waals surface area contributed by atoms with E-state index in [4.69, 9.17) is 0 Å². The van der Waals surface area contributed by atoms with Gasteiger partial charge in [0.15, 0.2) is 0 Å². The molecule has 31 heavy (non-hydrogen) atoms. The summed E-state index contributed by atoms with van der Waals surface area (Å²) in [7, 11) is -6.25. The molecule has 1 unspecified atom stereocenters. The minimum Gasteiger partial charge on any atom is -0.760 e. The smallest absolute Gasteiger partial charge is 0.296 e. The first-order valence-corrected chi connectivity index (χ1v) is 12.1. The fraction of sp³-hybridized carbons (Fsp3) is 0.308. The van der Waals surface area contributed by atoms with Gasteiger partial charge in [0.2, 0.25) is 17.8 Å². The van der Waals surface area contributed by atoms with Gasteiger partial charge in [-0.05, 0) is 18.2 Å². The molecule has 0 bridgehead atoms. The maximum atomic E-state index is 11.6. The van der Waals surface area contributed by atoms with E-state index >= 15 is 0 Å². The number of hydrogen-bond donors (Lipinski definition) is 5. The highest BCUT2D eigenvalue weighted by Crippen LogP contribution is 2.27. The molecule has 1 heterocycles. The van der Waals surface area contributed by atoms with E-state index in [9.17, 15) is 34.7 Å². The number of nitrogens with zero attached hydrogens (tertiary/aromatic N) is 4. The molecular formula is C13H18N7O8S3-. The van der Waals surface area contributed by atoms with Gasteiger partial charge >= 0.3 is 0 Å². The van der Waals surface area contributed by atoms with Crippen molar-refractivity contribution in [2.75, 3.05) is 42.7 Å². The van der Waals surface area contributed by atoms with Crippen molar-refractivity contribution in [1.29, 1.82) is 0 Å². The van der Waals surface area contributed by atoms with Gasteiger partial charge in [-0.2, -0.15) is 31.8 Å². The molecule has 1 aromatic carbocycles. The monoisotopic (exact) mass is 496 g/mol. The van der Waals surface area contributed by atoms with Crippen LogP contribution in [-0.2, 0) is 31.5 Å². The molecule has 15 nitrogen and oxygen atoms in total. The van der Waals surface area contributed by atoms with Gasteiger partial charge in [-0.1, -0.05) is 0 Å². The normalized spacial score (nSPS) is 12.9. The zero-order valence-corrected chi connectivity index (χ0v) is 18.5. The predicted molar refractivity (Wildman–Crippen MR) is 109 cm³/mol. The first kappa shape index (κ1) is 24.8. The third kappa shape index (κ3) is 7.31. The van der Waals surface area contributed by atoms with E-state index in [-0.39, 0.29) is 30.9 Å². The Kier molecular flexibility index (Phi) is 7.81. The van der Waals surface area contributed by atoms with E-state index < -0.39 is 47.0 Å². The third-order valence-electron chi connectivity index (χ3n) is 3.42. The van der Waals surface area contributed by atoms with E-state index in [0.717, 1.165) is 18.2 Å². The van der Waals surface area contributed by atoms with Crippen LogP contribution in [0.5, 0.6) is 0 Å². The fourth-order valence-electron chi connectivity index (χ4n) is 2.12. The molecule has 18 heteroatoms. The summed E-state index contributed by atoms with van der Waals surface area (Å²) < 4.78 is 87.9.